The Morgan fingerprint density at radius 3 is 2.69 bits per heavy atom. The van der Waals surface area contributed by atoms with Crippen LogP contribution in [0.1, 0.15) is 30.3 Å². The second kappa shape index (κ2) is 5.25. The van der Waals surface area contributed by atoms with Gasteiger partial charge in [-0.1, -0.05) is 6.92 Å². The predicted octanol–water partition coefficient (Wildman–Crippen LogP) is 0.818. The largest absolute Gasteiger partial charge is 0.340 e. The molecule has 1 aromatic rings. The van der Waals surface area contributed by atoms with Gasteiger partial charge in [0, 0.05) is 25.4 Å². The summed E-state index contributed by atoms with van der Waals surface area (Å²) in [6.07, 6.45) is 3.79. The zero-order valence-electron chi connectivity index (χ0n) is 9.51. The molecule has 0 N–H and O–H groups in total. The van der Waals surface area contributed by atoms with Gasteiger partial charge in [0.2, 0.25) is 0 Å². The number of imidazole rings is 1. The van der Waals surface area contributed by atoms with Gasteiger partial charge in [-0.25, -0.2) is 13.4 Å². The van der Waals surface area contributed by atoms with E-state index in [1.807, 2.05) is 0 Å². The number of carbonyl (C=O) groups is 1. The van der Waals surface area contributed by atoms with Crippen LogP contribution in [-0.4, -0.2) is 35.3 Å². The first-order chi connectivity index (χ1) is 7.44. The van der Waals surface area contributed by atoms with Gasteiger partial charge in [0.05, 0.1) is 12.1 Å². The van der Waals surface area contributed by atoms with Crippen LogP contribution in [0, 0.1) is 0 Å². The number of carbonyl (C=O) groups excluding carboxylic acids is 1. The molecule has 0 radical (unpaired) electrons. The summed E-state index contributed by atoms with van der Waals surface area (Å²) in [6.45, 7) is 1.61. The fraction of sp³-hybridized carbons (Fsp3) is 0.600. The quantitative estimate of drug-likeness (QED) is 0.695. The molecule has 1 aromatic heterocycles. The van der Waals surface area contributed by atoms with E-state index in [4.69, 9.17) is 0 Å². The standard InChI is InChI=1S/C10H16N2O3S/c1-3-16(14,15)6-4-5-10(13)9-7-12(2)8-11-9/h7-8H,3-6H2,1-2H3. The maximum absolute atomic E-state index is 11.6. The molecule has 0 aliphatic carbocycles. The van der Waals surface area contributed by atoms with E-state index in [1.165, 1.54) is 0 Å². The van der Waals surface area contributed by atoms with Crippen molar-refractivity contribution in [1.82, 2.24) is 9.55 Å². The zero-order valence-corrected chi connectivity index (χ0v) is 10.3. The first-order valence-electron chi connectivity index (χ1n) is 5.16. The lowest BCUT2D eigenvalue weighted by Crippen LogP contribution is -2.10. The van der Waals surface area contributed by atoms with Gasteiger partial charge in [0.1, 0.15) is 15.5 Å². The fourth-order valence-corrected chi connectivity index (χ4v) is 2.15. The molecule has 90 valence electrons. The summed E-state index contributed by atoms with van der Waals surface area (Å²) in [5.41, 5.74) is 0.399. The van der Waals surface area contributed by atoms with Gasteiger partial charge in [-0.15, -0.1) is 0 Å². The van der Waals surface area contributed by atoms with Gasteiger partial charge < -0.3 is 4.57 Å². The molecule has 0 saturated heterocycles. The topological polar surface area (TPSA) is 69.0 Å². The first-order valence-corrected chi connectivity index (χ1v) is 6.98. The summed E-state index contributed by atoms with van der Waals surface area (Å²) >= 11 is 0. The van der Waals surface area contributed by atoms with E-state index in [2.05, 4.69) is 4.98 Å². The number of nitrogens with zero attached hydrogens (tertiary/aromatic N) is 2. The Hall–Kier alpha value is -1.17. The lowest BCUT2D eigenvalue weighted by molar-refractivity contribution is 0.0977. The minimum absolute atomic E-state index is 0.0715. The molecular formula is C10H16N2O3S. The van der Waals surface area contributed by atoms with Crippen molar-refractivity contribution in [2.75, 3.05) is 11.5 Å². The highest BCUT2D eigenvalue weighted by molar-refractivity contribution is 7.91. The van der Waals surface area contributed by atoms with Gasteiger partial charge in [-0.05, 0) is 6.42 Å². The third-order valence-electron chi connectivity index (χ3n) is 2.29. The molecule has 0 fully saturated rings. The van der Waals surface area contributed by atoms with E-state index in [9.17, 15) is 13.2 Å². The van der Waals surface area contributed by atoms with Crippen LogP contribution in [0.4, 0.5) is 0 Å². The molecule has 1 heterocycles. The van der Waals surface area contributed by atoms with Crippen molar-refractivity contribution in [3.05, 3.63) is 18.2 Å². The molecule has 5 nitrogen and oxygen atoms in total. The van der Waals surface area contributed by atoms with Crippen molar-refractivity contribution in [1.29, 1.82) is 0 Å². The van der Waals surface area contributed by atoms with Gasteiger partial charge in [0.15, 0.2) is 5.78 Å². The number of sulfone groups is 1. The number of rotatable bonds is 6. The van der Waals surface area contributed by atoms with Crippen molar-refractivity contribution in [3.63, 3.8) is 0 Å². The Morgan fingerprint density at radius 1 is 1.50 bits per heavy atom. The Balaban J connectivity index is 2.43. The molecule has 0 spiro atoms. The normalized spacial score (nSPS) is 11.6. The highest BCUT2D eigenvalue weighted by Crippen LogP contribution is 2.04. The Labute approximate surface area is 95.4 Å². The van der Waals surface area contributed by atoms with Crippen molar-refractivity contribution < 1.29 is 13.2 Å². The number of Topliss-reactive ketones (excluding diaryl/α,β-unsaturated/α-hetero) is 1. The van der Waals surface area contributed by atoms with E-state index in [0.29, 0.717) is 12.1 Å². The van der Waals surface area contributed by atoms with E-state index in [-0.39, 0.29) is 23.7 Å². The zero-order chi connectivity index (χ0) is 12.2. The second-order valence-electron chi connectivity index (χ2n) is 3.69. The molecule has 6 heteroatoms. The minimum Gasteiger partial charge on any atom is -0.340 e. The molecule has 0 atom stereocenters. The predicted molar refractivity (Wildman–Crippen MR) is 61.1 cm³/mol. The summed E-state index contributed by atoms with van der Waals surface area (Å²) in [5, 5.41) is 0. The third-order valence-corrected chi connectivity index (χ3v) is 4.08. The van der Waals surface area contributed by atoms with Crippen LogP contribution in [-0.2, 0) is 16.9 Å². The number of hydrogen-bond acceptors (Lipinski definition) is 4. The smallest absolute Gasteiger partial charge is 0.182 e. The second-order valence-corrected chi connectivity index (χ2v) is 6.16. The van der Waals surface area contributed by atoms with Crippen LogP contribution in [0.15, 0.2) is 12.5 Å². The highest BCUT2D eigenvalue weighted by atomic mass is 32.2. The van der Waals surface area contributed by atoms with Crippen LogP contribution in [0.3, 0.4) is 0 Å². The van der Waals surface area contributed by atoms with E-state index < -0.39 is 9.84 Å². The molecule has 1 rings (SSSR count). The van der Waals surface area contributed by atoms with Crippen LogP contribution < -0.4 is 0 Å². The average molecular weight is 244 g/mol. The van der Waals surface area contributed by atoms with Crippen LogP contribution in [0.2, 0.25) is 0 Å². The number of aromatic nitrogens is 2. The maximum Gasteiger partial charge on any atom is 0.182 e. The van der Waals surface area contributed by atoms with E-state index in [1.54, 1.807) is 31.1 Å². The van der Waals surface area contributed by atoms with E-state index >= 15 is 0 Å². The molecule has 0 aliphatic rings. The molecule has 0 aromatic carbocycles. The summed E-state index contributed by atoms with van der Waals surface area (Å²) in [4.78, 5) is 15.5. The molecule has 0 saturated carbocycles. The Morgan fingerprint density at radius 2 is 2.19 bits per heavy atom. The summed E-state index contributed by atoms with van der Waals surface area (Å²) in [7, 11) is -1.19. The molecule has 0 bridgehead atoms. The molecule has 0 amide bonds. The van der Waals surface area contributed by atoms with Crippen molar-refractivity contribution >= 4 is 15.6 Å². The molecule has 0 unspecified atom stereocenters. The molecule has 0 aliphatic heterocycles. The summed E-state index contributed by atoms with van der Waals surface area (Å²) < 4.78 is 24.1. The van der Waals surface area contributed by atoms with Crippen LogP contribution in [0.5, 0.6) is 0 Å². The third kappa shape index (κ3) is 3.77. The molecule has 16 heavy (non-hydrogen) atoms. The van der Waals surface area contributed by atoms with Crippen LogP contribution >= 0.6 is 0 Å². The summed E-state index contributed by atoms with van der Waals surface area (Å²) in [5.74, 6) is 0.0965. The fourth-order valence-electron chi connectivity index (χ4n) is 1.28. The van der Waals surface area contributed by atoms with Crippen molar-refractivity contribution in [2.24, 2.45) is 7.05 Å². The monoisotopic (exact) mass is 244 g/mol. The Bertz CT molecular complexity index is 462. The average Bonchev–Trinajstić information content (AvgIpc) is 2.64. The lowest BCUT2D eigenvalue weighted by Gasteiger charge is -1.99. The van der Waals surface area contributed by atoms with Crippen molar-refractivity contribution in [2.45, 2.75) is 19.8 Å². The number of ketones is 1. The van der Waals surface area contributed by atoms with Gasteiger partial charge in [0.25, 0.3) is 0 Å². The SMILES string of the molecule is CCS(=O)(=O)CCCC(=O)c1cn(C)cn1. The van der Waals surface area contributed by atoms with Crippen molar-refractivity contribution in [3.8, 4) is 0 Å². The van der Waals surface area contributed by atoms with Gasteiger partial charge in [-0.2, -0.15) is 0 Å². The maximum atomic E-state index is 11.6. The summed E-state index contributed by atoms with van der Waals surface area (Å²) in [6, 6.07) is 0. The first kappa shape index (κ1) is 12.9. The Kier molecular flexibility index (Phi) is 4.23. The molecular weight excluding hydrogens is 228 g/mol. The van der Waals surface area contributed by atoms with Gasteiger partial charge in [-0.3, -0.25) is 4.79 Å². The van der Waals surface area contributed by atoms with E-state index in [0.717, 1.165) is 0 Å². The highest BCUT2D eigenvalue weighted by Gasteiger charge is 2.12. The number of aryl methyl sites for hydroxylation is 1. The lowest BCUT2D eigenvalue weighted by atomic mass is 10.2. The minimum atomic E-state index is -2.97. The van der Waals surface area contributed by atoms with Gasteiger partial charge >= 0.3 is 0 Å². The number of hydrogen-bond donors (Lipinski definition) is 0. The van der Waals surface area contributed by atoms with Crippen LogP contribution in [0.25, 0.3) is 0 Å².